The summed E-state index contributed by atoms with van der Waals surface area (Å²) in [5.41, 5.74) is 0. The number of rotatable bonds is 5. The van der Waals surface area contributed by atoms with Crippen molar-refractivity contribution in [2.75, 3.05) is 24.6 Å². The van der Waals surface area contributed by atoms with Gasteiger partial charge in [-0.05, 0) is 12.3 Å². The summed E-state index contributed by atoms with van der Waals surface area (Å²) in [6.07, 6.45) is 0.476. The molecule has 7 heteroatoms. The quantitative estimate of drug-likeness (QED) is 0.763. The van der Waals surface area contributed by atoms with E-state index in [4.69, 9.17) is 5.11 Å². The van der Waals surface area contributed by atoms with Crippen LogP contribution in [0.25, 0.3) is 0 Å². The van der Waals surface area contributed by atoms with Gasteiger partial charge < -0.3 is 10.0 Å². The van der Waals surface area contributed by atoms with Crippen molar-refractivity contribution < 1.29 is 23.1 Å². The molecule has 0 unspecified atom stereocenters. The molecule has 0 bridgehead atoms. The van der Waals surface area contributed by atoms with E-state index in [0.29, 0.717) is 13.0 Å². The molecule has 18 heavy (non-hydrogen) atoms. The Hall–Kier alpha value is -1.11. The Bertz CT molecular complexity index is 431. The molecule has 0 radical (unpaired) electrons. The molecule has 1 rings (SSSR count). The minimum absolute atomic E-state index is 0.00943. The van der Waals surface area contributed by atoms with Gasteiger partial charge in [0, 0.05) is 13.1 Å². The smallest absolute Gasteiger partial charge is 0.308 e. The van der Waals surface area contributed by atoms with E-state index >= 15 is 0 Å². The van der Waals surface area contributed by atoms with Gasteiger partial charge in [-0.2, -0.15) is 0 Å². The fraction of sp³-hybridized carbons (Fsp3) is 0.818. The predicted octanol–water partition coefficient (Wildman–Crippen LogP) is -0.00970. The first-order valence-corrected chi connectivity index (χ1v) is 7.80. The topological polar surface area (TPSA) is 91.8 Å². The van der Waals surface area contributed by atoms with E-state index in [1.807, 2.05) is 0 Å². The van der Waals surface area contributed by atoms with Crippen LogP contribution in [-0.4, -0.2) is 54.9 Å². The second kappa shape index (κ2) is 5.69. The summed E-state index contributed by atoms with van der Waals surface area (Å²) >= 11 is 0. The molecule has 1 aliphatic heterocycles. The highest BCUT2D eigenvalue weighted by molar-refractivity contribution is 7.92. The number of carboxylic acids is 1. The zero-order valence-corrected chi connectivity index (χ0v) is 11.4. The summed E-state index contributed by atoms with van der Waals surface area (Å²) in [5.74, 6) is -2.68. The normalized spacial score (nSPS) is 24.2. The first-order chi connectivity index (χ1) is 8.26. The Kier molecular flexibility index (Phi) is 4.72. The highest BCUT2D eigenvalue weighted by atomic mass is 32.2. The molecule has 0 aromatic rings. The molecule has 2 atom stereocenters. The average molecular weight is 277 g/mol. The van der Waals surface area contributed by atoms with E-state index in [1.54, 1.807) is 13.8 Å². The first kappa shape index (κ1) is 14.9. The third kappa shape index (κ3) is 3.69. The molecular formula is C11H19NO5S. The minimum Gasteiger partial charge on any atom is -0.481 e. The molecule has 0 aromatic carbocycles. The Morgan fingerprint density at radius 3 is 2.39 bits per heavy atom. The van der Waals surface area contributed by atoms with Crippen LogP contribution in [0.5, 0.6) is 0 Å². The van der Waals surface area contributed by atoms with Crippen LogP contribution in [0.4, 0.5) is 0 Å². The molecule has 6 nitrogen and oxygen atoms in total. The molecule has 1 N–H and O–H groups in total. The number of nitrogens with zero attached hydrogens (tertiary/aromatic N) is 1. The second-order valence-electron chi connectivity index (χ2n) is 4.81. The number of carboxylic acid groups (broad SMARTS) is 1. The van der Waals surface area contributed by atoms with Crippen LogP contribution >= 0.6 is 0 Å². The van der Waals surface area contributed by atoms with Crippen LogP contribution in [0, 0.1) is 11.8 Å². The number of hydrogen-bond acceptors (Lipinski definition) is 4. The molecule has 0 aromatic heterocycles. The van der Waals surface area contributed by atoms with Gasteiger partial charge >= 0.3 is 5.97 Å². The van der Waals surface area contributed by atoms with E-state index in [9.17, 15) is 18.0 Å². The standard InChI is InChI=1S/C11H19NO5S/c1-3-4-18(16,17)7-10(13)12-5-8(2)9(6-12)11(14)15/h8-9H,3-7H2,1-2H3,(H,14,15)/t8-,9-/m1/s1. The predicted molar refractivity (Wildman–Crippen MR) is 65.8 cm³/mol. The van der Waals surface area contributed by atoms with E-state index in [-0.39, 0.29) is 18.2 Å². The number of likely N-dealkylation sites (tertiary alicyclic amines) is 1. The number of carbonyl (C=O) groups excluding carboxylic acids is 1. The molecule has 0 spiro atoms. The number of carbonyl (C=O) groups is 2. The largest absolute Gasteiger partial charge is 0.481 e. The maximum Gasteiger partial charge on any atom is 0.308 e. The van der Waals surface area contributed by atoms with Crippen molar-refractivity contribution >= 4 is 21.7 Å². The maximum atomic E-state index is 11.8. The third-order valence-electron chi connectivity index (χ3n) is 3.14. The fourth-order valence-corrected chi connectivity index (χ4v) is 3.48. The van der Waals surface area contributed by atoms with Crippen LogP contribution < -0.4 is 0 Å². The molecule has 104 valence electrons. The van der Waals surface area contributed by atoms with Gasteiger partial charge in [-0.15, -0.1) is 0 Å². The lowest BCUT2D eigenvalue weighted by molar-refractivity contribution is -0.142. The van der Waals surface area contributed by atoms with E-state index in [0.717, 1.165) is 0 Å². The lowest BCUT2D eigenvalue weighted by atomic mass is 9.99. The zero-order chi connectivity index (χ0) is 13.9. The molecular weight excluding hydrogens is 258 g/mol. The number of amides is 1. The summed E-state index contributed by atoms with van der Waals surface area (Å²) in [6, 6.07) is 0. The SMILES string of the molecule is CCCS(=O)(=O)CC(=O)N1C[C@@H](C)[C@H](C(=O)O)C1. The van der Waals surface area contributed by atoms with E-state index in [2.05, 4.69) is 0 Å². The summed E-state index contributed by atoms with van der Waals surface area (Å²) in [6.45, 7) is 3.92. The summed E-state index contributed by atoms with van der Waals surface area (Å²) in [5, 5.41) is 8.94. The average Bonchev–Trinajstić information content (AvgIpc) is 2.59. The van der Waals surface area contributed by atoms with Crippen molar-refractivity contribution in [1.82, 2.24) is 4.90 Å². The Balaban J connectivity index is 2.63. The second-order valence-corrected chi connectivity index (χ2v) is 7.00. The summed E-state index contributed by atoms with van der Waals surface area (Å²) in [4.78, 5) is 24.1. The van der Waals surface area contributed by atoms with Gasteiger partial charge in [-0.1, -0.05) is 13.8 Å². The molecule has 0 aliphatic carbocycles. The van der Waals surface area contributed by atoms with Gasteiger partial charge in [0.1, 0.15) is 5.75 Å². The lowest BCUT2D eigenvalue weighted by Crippen LogP contribution is -2.35. The maximum absolute atomic E-state index is 11.8. The minimum atomic E-state index is -3.36. The van der Waals surface area contributed by atoms with Gasteiger partial charge in [0.15, 0.2) is 9.84 Å². The first-order valence-electron chi connectivity index (χ1n) is 5.98. The van der Waals surface area contributed by atoms with Crippen LogP contribution in [0.3, 0.4) is 0 Å². The van der Waals surface area contributed by atoms with Crippen LogP contribution in [0.2, 0.25) is 0 Å². The van der Waals surface area contributed by atoms with Crippen molar-refractivity contribution in [3.63, 3.8) is 0 Å². The molecule has 1 amide bonds. The van der Waals surface area contributed by atoms with Crippen LogP contribution in [0.1, 0.15) is 20.3 Å². The molecule has 1 saturated heterocycles. The molecule has 1 aliphatic rings. The Morgan fingerprint density at radius 2 is 1.94 bits per heavy atom. The third-order valence-corrected chi connectivity index (χ3v) is 4.86. The van der Waals surface area contributed by atoms with Gasteiger partial charge in [0.05, 0.1) is 11.7 Å². The van der Waals surface area contributed by atoms with Gasteiger partial charge in [-0.3, -0.25) is 9.59 Å². The summed E-state index contributed by atoms with van der Waals surface area (Å²) in [7, 11) is -3.36. The van der Waals surface area contributed by atoms with E-state index in [1.165, 1.54) is 4.90 Å². The number of aliphatic carboxylic acids is 1. The van der Waals surface area contributed by atoms with Crippen molar-refractivity contribution in [2.45, 2.75) is 20.3 Å². The Morgan fingerprint density at radius 1 is 1.33 bits per heavy atom. The highest BCUT2D eigenvalue weighted by Crippen LogP contribution is 2.23. The number of hydrogen-bond donors (Lipinski definition) is 1. The van der Waals surface area contributed by atoms with Crippen molar-refractivity contribution in [3.05, 3.63) is 0 Å². The van der Waals surface area contributed by atoms with Crippen molar-refractivity contribution in [2.24, 2.45) is 11.8 Å². The van der Waals surface area contributed by atoms with Crippen molar-refractivity contribution in [3.8, 4) is 0 Å². The lowest BCUT2D eigenvalue weighted by Gasteiger charge is -2.15. The van der Waals surface area contributed by atoms with Crippen LogP contribution in [-0.2, 0) is 19.4 Å². The van der Waals surface area contributed by atoms with Crippen LogP contribution in [0.15, 0.2) is 0 Å². The fourth-order valence-electron chi connectivity index (χ4n) is 2.15. The molecule has 1 fully saturated rings. The van der Waals surface area contributed by atoms with E-state index < -0.39 is 33.4 Å². The van der Waals surface area contributed by atoms with Gasteiger partial charge in [0.2, 0.25) is 5.91 Å². The van der Waals surface area contributed by atoms with Gasteiger partial charge in [-0.25, -0.2) is 8.42 Å². The van der Waals surface area contributed by atoms with Crippen molar-refractivity contribution in [1.29, 1.82) is 0 Å². The molecule has 0 saturated carbocycles. The monoisotopic (exact) mass is 277 g/mol. The molecule has 1 heterocycles. The summed E-state index contributed by atoms with van der Waals surface area (Å²) < 4.78 is 23.1. The number of sulfone groups is 1. The highest BCUT2D eigenvalue weighted by Gasteiger charge is 2.37. The zero-order valence-electron chi connectivity index (χ0n) is 10.6. The Labute approximate surface area is 107 Å². The van der Waals surface area contributed by atoms with Gasteiger partial charge in [0.25, 0.3) is 0 Å².